The van der Waals surface area contributed by atoms with Crippen molar-refractivity contribution in [3.05, 3.63) is 64.4 Å². The second-order valence-electron chi connectivity index (χ2n) is 7.60. The fourth-order valence-corrected chi connectivity index (χ4v) is 3.53. The van der Waals surface area contributed by atoms with Gasteiger partial charge in [0.25, 0.3) is 0 Å². The Morgan fingerprint density at radius 1 is 1.14 bits per heavy atom. The first-order chi connectivity index (χ1) is 13.7. The van der Waals surface area contributed by atoms with Crippen LogP contribution in [0, 0.1) is 25.5 Å². The molecule has 5 heteroatoms. The van der Waals surface area contributed by atoms with Gasteiger partial charge < -0.3 is 10.3 Å². The molecule has 0 fully saturated rings. The Balaban J connectivity index is 2.15. The molecule has 0 radical (unpaired) electrons. The van der Waals surface area contributed by atoms with Gasteiger partial charge in [-0.15, -0.1) is 0 Å². The van der Waals surface area contributed by atoms with Gasteiger partial charge in [0.1, 0.15) is 11.6 Å². The van der Waals surface area contributed by atoms with Crippen LogP contribution in [0.15, 0.2) is 36.0 Å². The van der Waals surface area contributed by atoms with Crippen molar-refractivity contribution in [2.75, 3.05) is 0 Å². The third-order valence-electron chi connectivity index (χ3n) is 5.15. The Bertz CT molecular complexity index is 1080. The summed E-state index contributed by atoms with van der Waals surface area (Å²) in [6.07, 6.45) is 3.70. The van der Waals surface area contributed by atoms with Crippen LogP contribution in [0.1, 0.15) is 43.9 Å². The van der Waals surface area contributed by atoms with E-state index >= 15 is 8.78 Å². The van der Waals surface area contributed by atoms with E-state index in [1.165, 1.54) is 6.08 Å². The van der Waals surface area contributed by atoms with Gasteiger partial charge in [-0.1, -0.05) is 13.0 Å². The zero-order chi connectivity index (χ0) is 21.3. The highest BCUT2D eigenvalue weighted by Gasteiger charge is 2.21. The molecular weight excluding hydrogens is 370 g/mol. The number of halogens is 2. The van der Waals surface area contributed by atoms with Gasteiger partial charge in [-0.3, -0.25) is 4.79 Å². The summed E-state index contributed by atoms with van der Waals surface area (Å²) in [6, 6.07) is 7.35. The molecule has 0 aliphatic heterocycles. The van der Waals surface area contributed by atoms with Gasteiger partial charge in [-0.05, 0) is 80.5 Å². The van der Waals surface area contributed by atoms with E-state index in [-0.39, 0.29) is 34.2 Å². The number of aromatic amines is 1. The van der Waals surface area contributed by atoms with Crippen molar-refractivity contribution >= 4 is 22.9 Å². The number of benzene rings is 2. The van der Waals surface area contributed by atoms with Gasteiger partial charge in [0, 0.05) is 34.5 Å². The van der Waals surface area contributed by atoms with Gasteiger partial charge >= 0.3 is 0 Å². The Labute approximate surface area is 169 Å². The van der Waals surface area contributed by atoms with Gasteiger partial charge in [0.2, 0.25) is 5.91 Å². The van der Waals surface area contributed by atoms with Crippen LogP contribution in [0.25, 0.3) is 28.1 Å². The molecule has 0 spiro atoms. The molecule has 1 heterocycles. The molecule has 3 aromatic rings. The highest BCUT2D eigenvalue weighted by molar-refractivity contribution is 5.98. The lowest BCUT2D eigenvalue weighted by molar-refractivity contribution is -0.118. The molecule has 2 N–H and O–H groups in total. The number of H-pyrrole nitrogens is 1. The molecule has 0 saturated carbocycles. The maximum absolute atomic E-state index is 15.4. The molecule has 3 rings (SSSR count). The quantitative estimate of drug-likeness (QED) is 0.507. The van der Waals surface area contributed by atoms with Crippen LogP contribution >= 0.6 is 0 Å². The smallest absolute Gasteiger partial charge is 0.247 e. The van der Waals surface area contributed by atoms with Crippen LogP contribution in [0.2, 0.25) is 0 Å². The minimum Gasteiger partial charge on any atom is -0.361 e. The minimum absolute atomic E-state index is 0.0346. The second-order valence-corrected chi connectivity index (χ2v) is 7.60. The summed E-state index contributed by atoms with van der Waals surface area (Å²) in [5.74, 6) is -1.23. The van der Waals surface area contributed by atoms with Crippen LogP contribution in [-0.2, 0) is 4.79 Å². The molecule has 29 heavy (non-hydrogen) atoms. The van der Waals surface area contributed by atoms with Crippen molar-refractivity contribution < 1.29 is 13.6 Å². The zero-order valence-corrected chi connectivity index (χ0v) is 17.4. The number of hydrogen-bond donors (Lipinski definition) is 2. The first-order valence-electron chi connectivity index (χ1n) is 9.81. The molecule has 2 aromatic carbocycles. The van der Waals surface area contributed by atoms with Crippen LogP contribution < -0.4 is 5.32 Å². The number of hydrogen-bond acceptors (Lipinski definition) is 1. The fraction of sp³-hybridized carbons (Fsp3) is 0.292. The second kappa shape index (κ2) is 8.19. The maximum atomic E-state index is 15.4. The summed E-state index contributed by atoms with van der Waals surface area (Å²) in [6.45, 7) is 8.66. The number of amides is 1. The molecule has 3 nitrogen and oxygen atoms in total. The summed E-state index contributed by atoms with van der Waals surface area (Å²) >= 11 is 0. The topological polar surface area (TPSA) is 44.9 Å². The predicted octanol–water partition coefficient (Wildman–Crippen LogP) is 6.05. The molecule has 0 atom stereocenters. The summed E-state index contributed by atoms with van der Waals surface area (Å²) in [5.41, 5.74) is 2.79. The lowest BCUT2D eigenvalue weighted by atomic mass is 9.91. The van der Waals surface area contributed by atoms with Gasteiger partial charge in [0.15, 0.2) is 0 Å². The van der Waals surface area contributed by atoms with Gasteiger partial charge in [0.05, 0.1) is 0 Å². The third-order valence-corrected chi connectivity index (χ3v) is 5.15. The van der Waals surface area contributed by atoms with E-state index in [9.17, 15) is 4.79 Å². The average Bonchev–Trinajstić information content (AvgIpc) is 3.14. The van der Waals surface area contributed by atoms with Crippen LogP contribution in [0.4, 0.5) is 8.78 Å². The number of fused-ring (bicyclic) bond motifs is 1. The van der Waals surface area contributed by atoms with Gasteiger partial charge in [-0.25, -0.2) is 8.78 Å². The van der Waals surface area contributed by atoms with Gasteiger partial charge in [-0.2, -0.15) is 0 Å². The Kier molecular flexibility index (Phi) is 5.87. The normalized spacial score (nSPS) is 12.1. The zero-order valence-electron chi connectivity index (χ0n) is 17.4. The van der Waals surface area contributed by atoms with E-state index < -0.39 is 11.6 Å². The summed E-state index contributed by atoms with van der Waals surface area (Å²) in [7, 11) is 0. The number of nitrogens with one attached hydrogen (secondary N) is 2. The van der Waals surface area contributed by atoms with Crippen LogP contribution in [0.5, 0.6) is 0 Å². The number of rotatable bonds is 5. The molecule has 0 saturated heterocycles. The van der Waals surface area contributed by atoms with Crippen LogP contribution in [0.3, 0.4) is 0 Å². The SMILES string of the molecule is CCC(=Cc1c(C)c(F)c(-c2ccc3[nH]ccc3c2)c(C)c1F)C(=O)NC(C)C. The summed E-state index contributed by atoms with van der Waals surface area (Å²) in [5, 5.41) is 3.74. The highest BCUT2D eigenvalue weighted by atomic mass is 19.1. The standard InChI is InChI=1S/C24H26F2N2O/c1-6-16(24(29)28-13(2)3)12-19-14(4)23(26)21(15(5)22(19)25)18-7-8-20-17(11-18)9-10-27-20/h7-13,27H,6H2,1-5H3,(H,28,29). The molecule has 1 aromatic heterocycles. The number of aromatic nitrogens is 1. The van der Waals surface area contributed by atoms with Crippen molar-refractivity contribution in [1.29, 1.82) is 0 Å². The molecular formula is C24H26F2N2O. The molecule has 0 bridgehead atoms. The summed E-state index contributed by atoms with van der Waals surface area (Å²) in [4.78, 5) is 15.5. The molecule has 1 amide bonds. The fourth-order valence-electron chi connectivity index (χ4n) is 3.53. The monoisotopic (exact) mass is 396 g/mol. The summed E-state index contributed by atoms with van der Waals surface area (Å²) < 4.78 is 30.7. The lowest BCUT2D eigenvalue weighted by Crippen LogP contribution is -2.31. The largest absolute Gasteiger partial charge is 0.361 e. The Morgan fingerprint density at radius 3 is 2.52 bits per heavy atom. The van der Waals surface area contributed by atoms with Crippen molar-refractivity contribution in [1.82, 2.24) is 10.3 Å². The van der Waals surface area contributed by atoms with Crippen molar-refractivity contribution in [3.8, 4) is 11.1 Å². The first kappa shape index (κ1) is 20.8. The predicted molar refractivity (Wildman–Crippen MR) is 115 cm³/mol. The third kappa shape index (κ3) is 3.95. The average molecular weight is 396 g/mol. The highest BCUT2D eigenvalue weighted by Crippen LogP contribution is 2.35. The van der Waals surface area contributed by atoms with Crippen molar-refractivity contribution in [3.63, 3.8) is 0 Å². The minimum atomic E-state index is -0.503. The molecule has 0 unspecified atom stereocenters. The van der Waals surface area contributed by atoms with E-state index in [2.05, 4.69) is 10.3 Å². The Morgan fingerprint density at radius 2 is 1.86 bits per heavy atom. The maximum Gasteiger partial charge on any atom is 0.247 e. The first-order valence-corrected chi connectivity index (χ1v) is 9.81. The number of carbonyl (C=O) groups is 1. The Hall–Kier alpha value is -2.95. The van der Waals surface area contributed by atoms with Crippen LogP contribution in [-0.4, -0.2) is 16.9 Å². The molecule has 152 valence electrons. The van der Waals surface area contributed by atoms with Crippen molar-refractivity contribution in [2.45, 2.75) is 47.1 Å². The lowest BCUT2D eigenvalue weighted by Gasteiger charge is -2.16. The van der Waals surface area contributed by atoms with E-state index in [0.717, 1.165) is 10.9 Å². The molecule has 0 aliphatic rings. The van der Waals surface area contributed by atoms with E-state index in [1.54, 1.807) is 19.9 Å². The molecule has 0 aliphatic carbocycles. The van der Waals surface area contributed by atoms with E-state index in [1.807, 2.05) is 45.2 Å². The number of carbonyl (C=O) groups excluding carboxylic acids is 1. The van der Waals surface area contributed by atoms with E-state index in [4.69, 9.17) is 0 Å². The van der Waals surface area contributed by atoms with Crippen molar-refractivity contribution in [2.24, 2.45) is 0 Å². The van der Waals surface area contributed by atoms with E-state index in [0.29, 0.717) is 17.6 Å².